The van der Waals surface area contributed by atoms with E-state index in [-0.39, 0.29) is 0 Å². The molecule has 11 heavy (non-hydrogen) atoms. The zero-order chi connectivity index (χ0) is 8.53. The highest BCUT2D eigenvalue weighted by Crippen LogP contribution is 2.03. The molecule has 0 saturated heterocycles. The fraction of sp³-hybridized carbons (Fsp3) is 0.667. The van der Waals surface area contributed by atoms with Crippen LogP contribution in [0, 0.1) is 0 Å². The summed E-state index contributed by atoms with van der Waals surface area (Å²) in [6, 6.07) is 0. The first-order chi connectivity index (χ1) is 5.31. The normalized spacial score (nSPS) is 11.5. The van der Waals surface area contributed by atoms with Gasteiger partial charge in [-0.3, -0.25) is 0 Å². The van der Waals surface area contributed by atoms with Crippen molar-refractivity contribution in [2.75, 3.05) is 0 Å². The van der Waals surface area contributed by atoms with Crippen LogP contribution >= 0.6 is 0 Å². The van der Waals surface area contributed by atoms with Crippen LogP contribution in [0.1, 0.15) is 32.6 Å². The lowest BCUT2D eigenvalue weighted by Crippen LogP contribution is -2.00. The van der Waals surface area contributed by atoms with E-state index in [0.29, 0.717) is 6.42 Å². The molecule has 0 aliphatic rings. The number of hydrogen-bond acceptors (Lipinski definition) is 2. The summed E-state index contributed by atoms with van der Waals surface area (Å²) in [6.07, 6.45) is 4.79. The average molecular weight is 154 g/mol. The maximum absolute atomic E-state index is 9.66. The molecule has 0 fully saturated rings. The summed E-state index contributed by atoms with van der Waals surface area (Å²) in [5.41, 5.74) is 2.19. The van der Waals surface area contributed by atoms with E-state index in [9.17, 15) is 4.79 Å². The van der Waals surface area contributed by atoms with E-state index in [1.54, 1.807) is 0 Å². The maximum atomic E-state index is 9.66. The van der Waals surface area contributed by atoms with Crippen LogP contribution < -0.4 is 0 Å². The minimum Gasteiger partial charge on any atom is -0.388 e. The lowest BCUT2D eigenvalue weighted by Gasteiger charge is -2.01. The summed E-state index contributed by atoms with van der Waals surface area (Å²) in [5.74, 6) is 1.47. The molecular weight excluding hydrogens is 140 g/mol. The second kappa shape index (κ2) is 7.30. The van der Waals surface area contributed by atoms with E-state index in [1.807, 2.05) is 0 Å². The Kier molecular flexibility index (Phi) is 6.76. The Hall–Kier alpha value is -0.810. The van der Waals surface area contributed by atoms with Crippen molar-refractivity contribution in [1.82, 2.24) is 0 Å². The van der Waals surface area contributed by atoms with Gasteiger partial charge in [0.05, 0.1) is 6.10 Å². The second-order valence-corrected chi connectivity index (χ2v) is 2.48. The Morgan fingerprint density at radius 1 is 1.55 bits per heavy atom. The molecule has 0 bridgehead atoms. The van der Waals surface area contributed by atoms with Crippen molar-refractivity contribution < 1.29 is 9.90 Å². The SMILES string of the molecule is CCCCCC(O)C=C=C=O. The predicted octanol–water partition coefficient (Wildman–Crippen LogP) is 1.47. The van der Waals surface area contributed by atoms with Crippen molar-refractivity contribution in [3.05, 3.63) is 11.8 Å². The zero-order valence-corrected chi connectivity index (χ0v) is 6.84. The molecule has 0 radical (unpaired) electrons. The van der Waals surface area contributed by atoms with Gasteiger partial charge in [-0.15, -0.1) is 0 Å². The number of aliphatic hydroxyl groups excluding tert-OH is 1. The predicted molar refractivity (Wildman–Crippen MR) is 43.9 cm³/mol. The van der Waals surface area contributed by atoms with Crippen molar-refractivity contribution in [3.8, 4) is 0 Å². The third-order valence-electron chi connectivity index (χ3n) is 1.44. The summed E-state index contributed by atoms with van der Waals surface area (Å²) in [7, 11) is 0. The van der Waals surface area contributed by atoms with Crippen LogP contribution in [0.3, 0.4) is 0 Å². The van der Waals surface area contributed by atoms with Crippen molar-refractivity contribution in [2.45, 2.75) is 38.7 Å². The highest BCUT2D eigenvalue weighted by molar-refractivity contribution is 5.43. The number of rotatable bonds is 5. The first kappa shape index (κ1) is 10.2. The summed E-state index contributed by atoms with van der Waals surface area (Å²) in [4.78, 5) is 9.66. The van der Waals surface area contributed by atoms with Gasteiger partial charge in [-0.2, -0.15) is 0 Å². The second-order valence-electron chi connectivity index (χ2n) is 2.48. The molecule has 2 heteroatoms. The lowest BCUT2D eigenvalue weighted by molar-refractivity contribution is 0.208. The van der Waals surface area contributed by atoms with Crippen LogP contribution in [0.25, 0.3) is 0 Å². The third kappa shape index (κ3) is 7.08. The third-order valence-corrected chi connectivity index (χ3v) is 1.44. The highest BCUT2D eigenvalue weighted by atomic mass is 16.3. The van der Waals surface area contributed by atoms with Gasteiger partial charge in [-0.05, 0) is 18.2 Å². The van der Waals surface area contributed by atoms with Gasteiger partial charge in [-0.1, -0.05) is 26.2 Å². The van der Waals surface area contributed by atoms with Crippen LogP contribution in [0.15, 0.2) is 11.8 Å². The molecule has 2 nitrogen and oxygen atoms in total. The monoisotopic (exact) mass is 154 g/mol. The van der Waals surface area contributed by atoms with Gasteiger partial charge >= 0.3 is 0 Å². The van der Waals surface area contributed by atoms with Crippen LogP contribution in [0.5, 0.6) is 0 Å². The molecule has 62 valence electrons. The fourth-order valence-corrected chi connectivity index (χ4v) is 0.817. The molecule has 0 heterocycles. The first-order valence-corrected chi connectivity index (χ1v) is 3.95. The number of carbonyl (C=O) groups excluding carboxylic acids is 1. The van der Waals surface area contributed by atoms with Gasteiger partial charge in [0.2, 0.25) is 0 Å². The van der Waals surface area contributed by atoms with Gasteiger partial charge in [0, 0.05) is 0 Å². The van der Waals surface area contributed by atoms with Gasteiger partial charge in [0.1, 0.15) is 0 Å². The zero-order valence-electron chi connectivity index (χ0n) is 6.84. The van der Waals surface area contributed by atoms with Gasteiger partial charge in [0.15, 0.2) is 5.94 Å². The maximum Gasteiger partial charge on any atom is 0.176 e. The molecule has 0 aromatic heterocycles. The molecule has 1 atom stereocenters. The Balaban J connectivity index is 3.44. The molecule has 0 spiro atoms. The summed E-state index contributed by atoms with van der Waals surface area (Å²) < 4.78 is 0. The summed E-state index contributed by atoms with van der Waals surface area (Å²) >= 11 is 0. The van der Waals surface area contributed by atoms with Crippen molar-refractivity contribution in [3.63, 3.8) is 0 Å². The number of aliphatic hydroxyl groups is 1. The quantitative estimate of drug-likeness (QED) is 0.370. The minimum atomic E-state index is -0.525. The molecule has 0 rings (SSSR count). The summed E-state index contributed by atoms with van der Waals surface area (Å²) in [5, 5.41) is 9.11. The smallest absolute Gasteiger partial charge is 0.176 e. The van der Waals surface area contributed by atoms with Crippen LogP contribution in [0.4, 0.5) is 0 Å². The van der Waals surface area contributed by atoms with Crippen LogP contribution in [-0.4, -0.2) is 17.2 Å². The van der Waals surface area contributed by atoms with Gasteiger partial charge in [0.25, 0.3) is 0 Å². The topological polar surface area (TPSA) is 37.3 Å². The molecule has 0 amide bonds. The molecule has 1 unspecified atom stereocenters. The van der Waals surface area contributed by atoms with Crippen molar-refractivity contribution in [1.29, 1.82) is 0 Å². The Bertz CT molecular complexity index is 162. The van der Waals surface area contributed by atoms with E-state index in [4.69, 9.17) is 5.11 Å². The van der Waals surface area contributed by atoms with E-state index >= 15 is 0 Å². The average Bonchev–Trinajstić information content (AvgIpc) is 2.01. The molecule has 1 N–H and O–H groups in total. The molecule has 0 saturated carbocycles. The Morgan fingerprint density at radius 3 is 2.82 bits per heavy atom. The molecule has 0 aliphatic heterocycles. The highest BCUT2D eigenvalue weighted by Gasteiger charge is 1.96. The minimum absolute atomic E-state index is 0.525. The first-order valence-electron chi connectivity index (χ1n) is 3.95. The van der Waals surface area contributed by atoms with Crippen LogP contribution in [-0.2, 0) is 4.79 Å². The van der Waals surface area contributed by atoms with E-state index in [0.717, 1.165) is 19.3 Å². The van der Waals surface area contributed by atoms with Gasteiger partial charge < -0.3 is 5.11 Å². The van der Waals surface area contributed by atoms with Crippen LogP contribution in [0.2, 0.25) is 0 Å². The number of hydrogen-bond donors (Lipinski definition) is 1. The molecular formula is C9H14O2. The molecule has 0 aliphatic carbocycles. The van der Waals surface area contributed by atoms with Crippen molar-refractivity contribution >= 4 is 5.94 Å². The summed E-state index contributed by atoms with van der Waals surface area (Å²) in [6.45, 7) is 2.10. The largest absolute Gasteiger partial charge is 0.388 e. The lowest BCUT2D eigenvalue weighted by atomic mass is 10.1. The standard InChI is InChI=1S/C9H14O2/c1-2-3-4-6-9(11)7-5-8-10/h7,9,11H,2-4,6H2,1H3. The fourth-order valence-electron chi connectivity index (χ4n) is 0.817. The van der Waals surface area contributed by atoms with E-state index in [1.165, 1.54) is 12.0 Å². The van der Waals surface area contributed by atoms with E-state index < -0.39 is 6.10 Å². The van der Waals surface area contributed by atoms with Crippen molar-refractivity contribution in [2.24, 2.45) is 0 Å². The Labute approximate surface area is 67.2 Å². The Morgan fingerprint density at radius 2 is 2.27 bits per heavy atom. The molecule has 0 aromatic rings. The molecule has 0 aromatic carbocycles. The van der Waals surface area contributed by atoms with Gasteiger partial charge in [-0.25, -0.2) is 4.79 Å². The number of unbranched alkanes of at least 4 members (excludes halogenated alkanes) is 2. The van der Waals surface area contributed by atoms with E-state index in [2.05, 4.69) is 12.7 Å².